The fraction of sp³-hybridized carbons (Fsp3) is 0.333. The molecule has 2 fully saturated rings. The van der Waals surface area contributed by atoms with Gasteiger partial charge in [-0.15, -0.1) is 0 Å². The van der Waals surface area contributed by atoms with Gasteiger partial charge < -0.3 is 20.2 Å². The predicted octanol–water partition coefficient (Wildman–Crippen LogP) is 4.66. The number of aromatic carboxylic acids is 1. The third-order valence-corrected chi connectivity index (χ3v) is 6.01. The number of halogens is 4. The fourth-order valence-electron chi connectivity index (χ4n) is 4.34. The van der Waals surface area contributed by atoms with Crippen LogP contribution < -0.4 is 10.2 Å². The predicted molar refractivity (Wildman–Crippen MR) is 110 cm³/mol. The van der Waals surface area contributed by atoms with Gasteiger partial charge in [0, 0.05) is 48.7 Å². The minimum atomic E-state index is -4.43. The van der Waals surface area contributed by atoms with E-state index in [9.17, 15) is 27.9 Å². The molecule has 6 nitrogen and oxygen atoms in total. The van der Waals surface area contributed by atoms with Gasteiger partial charge in [0.1, 0.15) is 0 Å². The van der Waals surface area contributed by atoms with Crippen molar-refractivity contribution >= 4 is 35.0 Å². The SMILES string of the molecule is O=C(O)c1cc(Cl)ccc1NC(=O)N1C[C@@H]2CN(c3ccccc3C(F)(F)F)C[C@@H]2C1. The molecule has 31 heavy (non-hydrogen) atoms. The summed E-state index contributed by atoms with van der Waals surface area (Å²) < 4.78 is 40.0. The molecule has 2 aromatic carbocycles. The average molecular weight is 454 g/mol. The zero-order chi connectivity index (χ0) is 22.3. The summed E-state index contributed by atoms with van der Waals surface area (Å²) in [6.45, 7) is 1.61. The normalized spacial score (nSPS) is 20.6. The van der Waals surface area contributed by atoms with E-state index in [4.69, 9.17) is 11.6 Å². The number of alkyl halides is 3. The highest BCUT2D eigenvalue weighted by atomic mass is 35.5. The lowest BCUT2D eigenvalue weighted by atomic mass is 10.0. The molecule has 4 rings (SSSR count). The first-order valence-corrected chi connectivity index (χ1v) is 10.0. The first kappa shape index (κ1) is 21.3. The average Bonchev–Trinajstić information content (AvgIpc) is 3.28. The summed E-state index contributed by atoms with van der Waals surface area (Å²) in [6, 6.07) is 9.24. The Balaban J connectivity index is 1.43. The highest BCUT2D eigenvalue weighted by Gasteiger charge is 2.44. The molecule has 0 unspecified atom stereocenters. The van der Waals surface area contributed by atoms with E-state index >= 15 is 0 Å². The second kappa shape index (κ2) is 7.96. The molecule has 164 valence electrons. The number of likely N-dealkylation sites (tertiary alicyclic amines) is 1. The monoisotopic (exact) mass is 453 g/mol. The number of carboxylic acids is 1. The molecule has 0 aromatic heterocycles. The molecule has 0 aliphatic carbocycles. The largest absolute Gasteiger partial charge is 0.478 e. The Kier molecular flexibility index (Phi) is 5.47. The van der Waals surface area contributed by atoms with Crippen molar-refractivity contribution in [1.82, 2.24) is 4.90 Å². The minimum absolute atomic E-state index is 0.0381. The topological polar surface area (TPSA) is 72.9 Å². The van der Waals surface area contributed by atoms with Crippen molar-refractivity contribution in [1.29, 1.82) is 0 Å². The van der Waals surface area contributed by atoms with E-state index in [1.165, 1.54) is 30.3 Å². The molecule has 0 bridgehead atoms. The minimum Gasteiger partial charge on any atom is -0.478 e. The first-order chi connectivity index (χ1) is 14.6. The molecule has 2 aliphatic heterocycles. The van der Waals surface area contributed by atoms with Gasteiger partial charge in [-0.2, -0.15) is 13.2 Å². The van der Waals surface area contributed by atoms with Crippen molar-refractivity contribution in [3.05, 3.63) is 58.6 Å². The van der Waals surface area contributed by atoms with E-state index in [1.54, 1.807) is 15.9 Å². The summed E-state index contributed by atoms with van der Waals surface area (Å²) in [5.74, 6) is -1.14. The van der Waals surface area contributed by atoms with Gasteiger partial charge in [-0.3, -0.25) is 0 Å². The smallest absolute Gasteiger partial charge is 0.418 e. The molecule has 0 radical (unpaired) electrons. The molecule has 0 saturated carbocycles. The van der Waals surface area contributed by atoms with Crippen LogP contribution in [0.4, 0.5) is 29.3 Å². The third-order valence-electron chi connectivity index (χ3n) is 5.78. The van der Waals surface area contributed by atoms with Crippen molar-refractivity contribution in [3.8, 4) is 0 Å². The van der Waals surface area contributed by atoms with E-state index in [-0.39, 0.29) is 33.8 Å². The summed E-state index contributed by atoms with van der Waals surface area (Å²) in [5.41, 5.74) is -0.476. The number of hydrogen-bond donors (Lipinski definition) is 2. The molecule has 10 heteroatoms. The highest BCUT2D eigenvalue weighted by molar-refractivity contribution is 6.31. The van der Waals surface area contributed by atoms with Gasteiger partial charge in [0.05, 0.1) is 16.8 Å². The lowest BCUT2D eigenvalue weighted by Gasteiger charge is -2.26. The molecular formula is C21H19ClF3N3O3. The van der Waals surface area contributed by atoms with Crippen molar-refractivity contribution < 1.29 is 27.9 Å². The van der Waals surface area contributed by atoms with Crippen LogP contribution in [-0.4, -0.2) is 48.2 Å². The Bertz CT molecular complexity index is 1020. The number of benzene rings is 2. The van der Waals surface area contributed by atoms with Crippen molar-refractivity contribution in [2.75, 3.05) is 36.4 Å². The molecule has 2 N–H and O–H groups in total. The van der Waals surface area contributed by atoms with E-state index in [1.807, 2.05) is 0 Å². The Hall–Kier alpha value is -2.94. The number of nitrogens with one attached hydrogen (secondary N) is 1. The maximum absolute atomic E-state index is 13.3. The van der Waals surface area contributed by atoms with Gasteiger partial charge in [0.2, 0.25) is 0 Å². The quantitative estimate of drug-likeness (QED) is 0.709. The van der Waals surface area contributed by atoms with Crippen LogP contribution in [0.1, 0.15) is 15.9 Å². The van der Waals surface area contributed by atoms with E-state index < -0.39 is 23.7 Å². The van der Waals surface area contributed by atoms with Gasteiger partial charge in [0.15, 0.2) is 0 Å². The Morgan fingerprint density at radius 1 is 1.03 bits per heavy atom. The van der Waals surface area contributed by atoms with Gasteiger partial charge in [-0.05, 0) is 30.3 Å². The van der Waals surface area contributed by atoms with Crippen molar-refractivity contribution in [2.45, 2.75) is 6.18 Å². The highest BCUT2D eigenvalue weighted by Crippen LogP contribution is 2.40. The molecule has 2 heterocycles. The summed E-state index contributed by atoms with van der Waals surface area (Å²) in [7, 11) is 0. The molecule has 2 aliphatic rings. The van der Waals surface area contributed by atoms with Crippen molar-refractivity contribution in [3.63, 3.8) is 0 Å². The molecule has 2 atom stereocenters. The van der Waals surface area contributed by atoms with Gasteiger partial charge in [0.25, 0.3) is 0 Å². The third kappa shape index (κ3) is 4.27. The summed E-state index contributed by atoms with van der Waals surface area (Å²) in [6.07, 6.45) is -4.43. The van der Waals surface area contributed by atoms with Crippen LogP contribution in [0.25, 0.3) is 0 Å². The maximum Gasteiger partial charge on any atom is 0.418 e. The lowest BCUT2D eigenvalue weighted by Crippen LogP contribution is -2.36. The lowest BCUT2D eigenvalue weighted by molar-refractivity contribution is -0.137. The summed E-state index contributed by atoms with van der Waals surface area (Å²) >= 11 is 5.83. The van der Waals surface area contributed by atoms with E-state index in [0.29, 0.717) is 26.2 Å². The second-order valence-electron chi connectivity index (χ2n) is 7.77. The van der Waals surface area contributed by atoms with Gasteiger partial charge >= 0.3 is 18.2 Å². The number of urea groups is 1. The van der Waals surface area contributed by atoms with Gasteiger partial charge in [-0.25, -0.2) is 9.59 Å². The zero-order valence-electron chi connectivity index (χ0n) is 16.2. The van der Waals surface area contributed by atoms with Crippen LogP contribution in [0.2, 0.25) is 5.02 Å². The first-order valence-electron chi connectivity index (χ1n) is 9.63. The van der Waals surface area contributed by atoms with Crippen LogP contribution >= 0.6 is 11.6 Å². The molecule has 2 amide bonds. The number of carbonyl (C=O) groups is 2. The standard InChI is InChI=1S/C21H19ClF3N3O3/c22-14-5-6-17(15(7-14)19(29)30)26-20(31)28-10-12-8-27(9-13(12)11-28)18-4-2-1-3-16(18)21(23,24)25/h1-7,12-13H,8-11H2,(H,26,31)(H,29,30)/t12-,13+. The van der Waals surface area contributed by atoms with E-state index in [2.05, 4.69) is 5.32 Å². The number of fused-ring (bicyclic) bond motifs is 1. The van der Waals surface area contributed by atoms with Crippen LogP contribution in [0, 0.1) is 11.8 Å². The number of hydrogen-bond acceptors (Lipinski definition) is 3. The Morgan fingerprint density at radius 2 is 1.68 bits per heavy atom. The molecule has 0 spiro atoms. The molecule has 2 aromatic rings. The number of nitrogens with zero attached hydrogens (tertiary/aromatic N) is 2. The maximum atomic E-state index is 13.3. The van der Waals surface area contributed by atoms with Crippen LogP contribution in [0.3, 0.4) is 0 Å². The molecular weight excluding hydrogens is 435 g/mol. The second-order valence-corrected chi connectivity index (χ2v) is 8.21. The summed E-state index contributed by atoms with van der Waals surface area (Å²) in [5, 5.41) is 12.2. The number of carbonyl (C=O) groups excluding carboxylic acids is 1. The fourth-order valence-corrected chi connectivity index (χ4v) is 4.51. The van der Waals surface area contributed by atoms with Gasteiger partial charge in [-0.1, -0.05) is 23.7 Å². The van der Waals surface area contributed by atoms with Crippen LogP contribution in [0.15, 0.2) is 42.5 Å². The number of anilines is 2. The van der Waals surface area contributed by atoms with Crippen molar-refractivity contribution in [2.24, 2.45) is 11.8 Å². The Labute approximate surface area is 181 Å². The summed E-state index contributed by atoms with van der Waals surface area (Å²) in [4.78, 5) is 27.4. The number of para-hydroxylation sites is 1. The number of rotatable bonds is 3. The van der Waals surface area contributed by atoms with E-state index in [0.717, 1.165) is 6.07 Å². The van der Waals surface area contributed by atoms with Crippen LogP contribution in [0.5, 0.6) is 0 Å². The zero-order valence-corrected chi connectivity index (χ0v) is 17.0. The van der Waals surface area contributed by atoms with Crippen LogP contribution in [-0.2, 0) is 6.18 Å². The number of amides is 2. The Morgan fingerprint density at radius 3 is 2.29 bits per heavy atom. The number of carboxylic acid groups (broad SMARTS) is 1. The molecule has 2 saturated heterocycles.